The minimum absolute atomic E-state index is 0.0723. The third-order valence-electron chi connectivity index (χ3n) is 5.69. The Morgan fingerprint density at radius 1 is 1.19 bits per heavy atom. The van der Waals surface area contributed by atoms with Crippen molar-refractivity contribution < 1.29 is 4.92 Å². The molecule has 0 saturated heterocycles. The van der Waals surface area contributed by atoms with Crippen molar-refractivity contribution >= 4 is 22.7 Å². The maximum Gasteiger partial charge on any atom is 0.270 e. The zero-order valence-electron chi connectivity index (χ0n) is 18.7. The Bertz CT molecular complexity index is 1210. The third kappa shape index (κ3) is 5.22. The van der Waals surface area contributed by atoms with Crippen molar-refractivity contribution in [3.05, 3.63) is 80.5 Å². The average molecular weight is 449 g/mol. The lowest BCUT2D eigenvalue weighted by Gasteiger charge is -2.34. The van der Waals surface area contributed by atoms with Gasteiger partial charge in [-0.05, 0) is 36.2 Å². The van der Waals surface area contributed by atoms with Crippen LogP contribution in [0, 0.1) is 21.4 Å². The molecule has 32 heavy (non-hydrogen) atoms. The van der Waals surface area contributed by atoms with E-state index in [1.54, 1.807) is 12.1 Å². The van der Waals surface area contributed by atoms with Crippen LogP contribution >= 0.6 is 11.3 Å². The second-order valence-electron chi connectivity index (χ2n) is 9.35. The molecular weight excluding hydrogens is 420 g/mol. The lowest BCUT2D eigenvalue weighted by Crippen LogP contribution is -2.29. The van der Waals surface area contributed by atoms with Crippen LogP contribution in [0.25, 0.3) is 11.3 Å². The molecule has 4 rings (SSSR count). The molecule has 1 unspecified atom stereocenters. The molecule has 1 aliphatic rings. The molecule has 1 fully saturated rings. The minimum atomic E-state index is -0.363. The van der Waals surface area contributed by atoms with Crippen LogP contribution in [-0.2, 0) is 6.54 Å². The van der Waals surface area contributed by atoms with Crippen molar-refractivity contribution in [1.82, 2.24) is 4.68 Å². The molecule has 0 N–H and O–H groups in total. The standard InChI is InChI=1S/C25H28N4O2S/c1-18-12-21(15-25(2,3)14-18)27-28-23(20-10-7-11-22(13-20)29(30)31)17-32-24(28)26-16-19-8-5-4-6-9-19/h4-11,13,17-18H,12,14-16H2,1-3H3. The number of nitro groups is 1. The number of thiazole rings is 1. The normalized spacial score (nSPS) is 19.9. The Morgan fingerprint density at radius 3 is 2.69 bits per heavy atom. The van der Waals surface area contributed by atoms with Crippen LogP contribution in [0.3, 0.4) is 0 Å². The molecule has 1 aliphatic carbocycles. The first-order chi connectivity index (χ1) is 15.3. The van der Waals surface area contributed by atoms with E-state index in [0.29, 0.717) is 12.5 Å². The van der Waals surface area contributed by atoms with Crippen molar-refractivity contribution in [1.29, 1.82) is 0 Å². The molecule has 6 nitrogen and oxygen atoms in total. The largest absolute Gasteiger partial charge is 0.270 e. The number of benzene rings is 2. The first-order valence-corrected chi connectivity index (χ1v) is 11.8. The van der Waals surface area contributed by atoms with Crippen molar-refractivity contribution in [2.75, 3.05) is 0 Å². The van der Waals surface area contributed by atoms with Gasteiger partial charge in [-0.15, -0.1) is 11.3 Å². The van der Waals surface area contributed by atoms with E-state index >= 15 is 0 Å². The predicted octanol–water partition coefficient (Wildman–Crippen LogP) is 6.28. The molecule has 1 atom stereocenters. The van der Waals surface area contributed by atoms with Gasteiger partial charge in [0.05, 0.1) is 17.2 Å². The molecule has 0 aliphatic heterocycles. The Hall–Kier alpha value is -3.06. The maximum atomic E-state index is 11.3. The average Bonchev–Trinajstić information content (AvgIpc) is 3.14. The first-order valence-electron chi connectivity index (χ1n) is 10.9. The lowest BCUT2D eigenvalue weighted by molar-refractivity contribution is -0.384. The van der Waals surface area contributed by atoms with Crippen LogP contribution < -0.4 is 4.80 Å². The molecular formula is C25H28N4O2S. The number of rotatable bonds is 5. The SMILES string of the molecule is CC1CC(=Nn2c(-c3cccc([N+](=O)[O-])c3)csc2=NCc2ccccc2)CC(C)(C)C1. The Morgan fingerprint density at radius 2 is 1.97 bits per heavy atom. The van der Waals surface area contributed by atoms with E-state index in [0.717, 1.165) is 40.2 Å². The molecule has 0 amide bonds. The quantitative estimate of drug-likeness (QED) is 0.340. The van der Waals surface area contributed by atoms with Crippen molar-refractivity contribution in [2.45, 2.75) is 46.6 Å². The second kappa shape index (κ2) is 9.20. The zero-order chi connectivity index (χ0) is 22.7. The summed E-state index contributed by atoms with van der Waals surface area (Å²) >= 11 is 1.51. The number of hydrogen-bond acceptors (Lipinski definition) is 5. The Kier molecular flexibility index (Phi) is 6.37. The summed E-state index contributed by atoms with van der Waals surface area (Å²) in [6.07, 6.45) is 3.08. The molecule has 7 heteroatoms. The number of non-ortho nitro benzene ring substituents is 1. The van der Waals surface area contributed by atoms with E-state index in [2.05, 4.69) is 32.9 Å². The first kappa shape index (κ1) is 22.1. The molecule has 0 bridgehead atoms. The fourth-order valence-electron chi connectivity index (χ4n) is 4.56. The molecule has 0 spiro atoms. The van der Waals surface area contributed by atoms with E-state index in [4.69, 9.17) is 10.1 Å². The predicted molar refractivity (Wildman–Crippen MR) is 130 cm³/mol. The molecule has 1 aromatic heterocycles. The van der Waals surface area contributed by atoms with E-state index < -0.39 is 0 Å². The number of nitro benzene ring substituents is 1. The van der Waals surface area contributed by atoms with Gasteiger partial charge in [0.2, 0.25) is 4.80 Å². The van der Waals surface area contributed by atoms with Crippen LogP contribution in [-0.4, -0.2) is 15.3 Å². The van der Waals surface area contributed by atoms with E-state index in [9.17, 15) is 10.1 Å². The van der Waals surface area contributed by atoms with Gasteiger partial charge in [0, 0.05) is 28.8 Å². The fourth-order valence-corrected chi connectivity index (χ4v) is 5.39. The van der Waals surface area contributed by atoms with Gasteiger partial charge < -0.3 is 0 Å². The lowest BCUT2D eigenvalue weighted by atomic mass is 9.72. The van der Waals surface area contributed by atoms with Gasteiger partial charge in [0.1, 0.15) is 0 Å². The Balaban J connectivity index is 1.81. The molecule has 166 valence electrons. The monoisotopic (exact) mass is 448 g/mol. The summed E-state index contributed by atoms with van der Waals surface area (Å²) in [6.45, 7) is 7.41. The highest BCUT2D eigenvalue weighted by atomic mass is 32.1. The highest BCUT2D eigenvalue weighted by Gasteiger charge is 2.30. The van der Waals surface area contributed by atoms with Crippen molar-refractivity contribution in [3.8, 4) is 11.3 Å². The van der Waals surface area contributed by atoms with E-state index in [1.165, 1.54) is 23.8 Å². The van der Waals surface area contributed by atoms with Gasteiger partial charge in [-0.3, -0.25) is 15.1 Å². The summed E-state index contributed by atoms with van der Waals surface area (Å²) in [5, 5.41) is 18.4. The molecule has 1 saturated carbocycles. The highest BCUT2D eigenvalue weighted by molar-refractivity contribution is 7.07. The van der Waals surface area contributed by atoms with Gasteiger partial charge in [-0.25, -0.2) is 4.68 Å². The van der Waals surface area contributed by atoms with Crippen LogP contribution in [0.15, 0.2) is 70.1 Å². The highest BCUT2D eigenvalue weighted by Crippen LogP contribution is 2.37. The molecule has 3 aromatic rings. The minimum Gasteiger partial charge on any atom is -0.258 e. The number of nitrogens with zero attached hydrogens (tertiary/aromatic N) is 4. The van der Waals surface area contributed by atoms with E-state index in [-0.39, 0.29) is 16.0 Å². The van der Waals surface area contributed by atoms with Crippen LogP contribution in [0.1, 0.15) is 45.6 Å². The number of hydrogen-bond donors (Lipinski definition) is 0. The maximum absolute atomic E-state index is 11.3. The van der Waals surface area contributed by atoms with E-state index in [1.807, 2.05) is 34.3 Å². The molecule has 0 radical (unpaired) electrons. The topological polar surface area (TPSA) is 72.8 Å². The summed E-state index contributed by atoms with van der Waals surface area (Å²) in [5.74, 6) is 0.572. The smallest absolute Gasteiger partial charge is 0.258 e. The number of aromatic nitrogens is 1. The summed E-state index contributed by atoms with van der Waals surface area (Å²) in [6, 6.07) is 16.8. The van der Waals surface area contributed by atoms with Crippen LogP contribution in [0.4, 0.5) is 5.69 Å². The summed E-state index contributed by atoms with van der Waals surface area (Å²) in [7, 11) is 0. The fraction of sp³-hybridized carbons (Fsp3) is 0.360. The molecule has 1 heterocycles. The molecule has 2 aromatic carbocycles. The van der Waals surface area contributed by atoms with Gasteiger partial charge in [0.25, 0.3) is 5.69 Å². The van der Waals surface area contributed by atoms with Crippen LogP contribution in [0.2, 0.25) is 0 Å². The summed E-state index contributed by atoms with van der Waals surface area (Å²) in [4.78, 5) is 16.6. The van der Waals surface area contributed by atoms with Crippen molar-refractivity contribution in [2.24, 2.45) is 21.4 Å². The Labute approximate surface area is 192 Å². The summed E-state index contributed by atoms with van der Waals surface area (Å²) < 4.78 is 1.89. The summed E-state index contributed by atoms with van der Waals surface area (Å²) in [5.41, 5.74) is 4.16. The second-order valence-corrected chi connectivity index (χ2v) is 10.2. The third-order valence-corrected chi connectivity index (χ3v) is 6.54. The van der Waals surface area contributed by atoms with Crippen molar-refractivity contribution in [3.63, 3.8) is 0 Å². The van der Waals surface area contributed by atoms with Gasteiger partial charge >= 0.3 is 0 Å². The van der Waals surface area contributed by atoms with Gasteiger partial charge in [-0.1, -0.05) is 63.2 Å². The zero-order valence-corrected chi connectivity index (χ0v) is 19.5. The van der Waals surface area contributed by atoms with Gasteiger partial charge in [0.15, 0.2) is 0 Å². The van der Waals surface area contributed by atoms with Gasteiger partial charge in [-0.2, -0.15) is 5.10 Å². The van der Waals surface area contributed by atoms with Crippen LogP contribution in [0.5, 0.6) is 0 Å².